The van der Waals surface area contributed by atoms with E-state index in [0.717, 1.165) is 19.0 Å². The van der Waals surface area contributed by atoms with Gasteiger partial charge < -0.3 is 10.4 Å². The van der Waals surface area contributed by atoms with Crippen LogP contribution in [0.25, 0.3) is 0 Å². The van der Waals surface area contributed by atoms with Crippen molar-refractivity contribution in [2.75, 3.05) is 13.1 Å². The Kier molecular flexibility index (Phi) is 10.0. The van der Waals surface area contributed by atoms with E-state index in [0.29, 0.717) is 5.92 Å². The minimum atomic E-state index is -0.198. The van der Waals surface area contributed by atoms with Gasteiger partial charge in [0.1, 0.15) is 0 Å². The maximum Gasteiger partial charge on any atom is 0.0687 e. The first-order valence-corrected chi connectivity index (χ1v) is 7.00. The molecule has 0 aromatic rings. The van der Waals surface area contributed by atoms with Gasteiger partial charge in [0.05, 0.1) is 6.10 Å². The second kappa shape index (κ2) is 10.1. The molecule has 0 heterocycles. The van der Waals surface area contributed by atoms with E-state index < -0.39 is 0 Å². The molecule has 2 heteroatoms. The molecule has 2 unspecified atom stereocenters. The molecule has 0 fully saturated rings. The summed E-state index contributed by atoms with van der Waals surface area (Å²) in [6, 6.07) is 0. The van der Waals surface area contributed by atoms with E-state index in [1.807, 2.05) is 0 Å². The topological polar surface area (TPSA) is 32.3 Å². The normalized spacial score (nSPS) is 15.4. The third-order valence-electron chi connectivity index (χ3n) is 3.40. The lowest BCUT2D eigenvalue weighted by molar-refractivity contribution is 0.123. The van der Waals surface area contributed by atoms with E-state index in [4.69, 9.17) is 0 Å². The Morgan fingerprint density at radius 1 is 1.12 bits per heavy atom. The molecule has 0 bridgehead atoms. The minimum absolute atomic E-state index is 0.198. The van der Waals surface area contributed by atoms with Crippen molar-refractivity contribution in [2.45, 2.75) is 65.9 Å². The van der Waals surface area contributed by atoms with Gasteiger partial charge in [0.2, 0.25) is 0 Å². The van der Waals surface area contributed by atoms with Crippen LogP contribution in [0.3, 0.4) is 0 Å². The standard InChI is InChI=1S/C14H31NO/c1-5-7-8-13(6-2)9-10-15-11-14(16)12(3)4/h12-16H,5-11H2,1-4H3. The lowest BCUT2D eigenvalue weighted by atomic mass is 9.96. The summed E-state index contributed by atoms with van der Waals surface area (Å²) in [6.45, 7) is 10.4. The Morgan fingerprint density at radius 3 is 2.31 bits per heavy atom. The lowest BCUT2D eigenvalue weighted by Gasteiger charge is -2.17. The zero-order chi connectivity index (χ0) is 12.4. The number of unbranched alkanes of at least 4 members (excludes halogenated alkanes) is 1. The van der Waals surface area contributed by atoms with Gasteiger partial charge >= 0.3 is 0 Å². The zero-order valence-electron chi connectivity index (χ0n) is 11.6. The molecule has 2 atom stereocenters. The Labute approximate surface area is 102 Å². The maximum atomic E-state index is 9.63. The van der Waals surface area contributed by atoms with Gasteiger partial charge in [-0.05, 0) is 24.8 Å². The summed E-state index contributed by atoms with van der Waals surface area (Å²) in [4.78, 5) is 0. The van der Waals surface area contributed by atoms with Gasteiger partial charge in [0.25, 0.3) is 0 Å². The summed E-state index contributed by atoms with van der Waals surface area (Å²) in [6.07, 6.45) is 6.36. The average molecular weight is 229 g/mol. The Morgan fingerprint density at radius 2 is 1.81 bits per heavy atom. The molecule has 2 nitrogen and oxygen atoms in total. The second-order valence-corrected chi connectivity index (χ2v) is 5.22. The number of rotatable bonds is 10. The monoisotopic (exact) mass is 229 g/mol. The van der Waals surface area contributed by atoms with Gasteiger partial charge in [0, 0.05) is 6.54 Å². The van der Waals surface area contributed by atoms with Crippen LogP contribution in [0.2, 0.25) is 0 Å². The fraction of sp³-hybridized carbons (Fsp3) is 1.00. The molecule has 0 aromatic heterocycles. The van der Waals surface area contributed by atoms with Crippen LogP contribution in [0.4, 0.5) is 0 Å². The van der Waals surface area contributed by atoms with Crippen molar-refractivity contribution in [2.24, 2.45) is 11.8 Å². The highest BCUT2D eigenvalue weighted by Crippen LogP contribution is 2.15. The molecule has 0 radical (unpaired) electrons. The number of hydrogen-bond acceptors (Lipinski definition) is 2. The minimum Gasteiger partial charge on any atom is -0.392 e. The van der Waals surface area contributed by atoms with Crippen molar-refractivity contribution in [3.63, 3.8) is 0 Å². The predicted octanol–water partition coefficient (Wildman–Crippen LogP) is 3.20. The Bertz CT molecular complexity index is 148. The average Bonchev–Trinajstić information content (AvgIpc) is 2.27. The molecule has 0 rings (SSSR count). The summed E-state index contributed by atoms with van der Waals surface area (Å²) in [5.74, 6) is 1.22. The first-order chi connectivity index (χ1) is 7.61. The smallest absolute Gasteiger partial charge is 0.0687 e. The molecule has 0 aliphatic rings. The van der Waals surface area contributed by atoms with Crippen molar-refractivity contribution in [1.82, 2.24) is 5.32 Å². The number of aliphatic hydroxyl groups is 1. The fourth-order valence-corrected chi connectivity index (χ4v) is 1.84. The van der Waals surface area contributed by atoms with E-state index in [9.17, 15) is 5.11 Å². The second-order valence-electron chi connectivity index (χ2n) is 5.22. The molecular formula is C14H31NO. The van der Waals surface area contributed by atoms with Gasteiger partial charge in [-0.15, -0.1) is 0 Å². The van der Waals surface area contributed by atoms with Crippen LogP contribution in [0.5, 0.6) is 0 Å². The Hall–Kier alpha value is -0.0800. The van der Waals surface area contributed by atoms with Crippen LogP contribution in [-0.2, 0) is 0 Å². The third-order valence-corrected chi connectivity index (χ3v) is 3.40. The van der Waals surface area contributed by atoms with E-state index in [1.54, 1.807) is 0 Å². The van der Waals surface area contributed by atoms with Crippen molar-refractivity contribution in [3.05, 3.63) is 0 Å². The quantitative estimate of drug-likeness (QED) is 0.564. The van der Waals surface area contributed by atoms with Crippen molar-refractivity contribution in [3.8, 4) is 0 Å². The zero-order valence-corrected chi connectivity index (χ0v) is 11.6. The largest absolute Gasteiger partial charge is 0.392 e. The Balaban J connectivity index is 3.47. The van der Waals surface area contributed by atoms with Gasteiger partial charge in [-0.3, -0.25) is 0 Å². The van der Waals surface area contributed by atoms with Crippen molar-refractivity contribution < 1.29 is 5.11 Å². The molecule has 0 amide bonds. The van der Waals surface area contributed by atoms with Crippen LogP contribution < -0.4 is 5.32 Å². The van der Waals surface area contributed by atoms with Crippen LogP contribution in [-0.4, -0.2) is 24.3 Å². The van der Waals surface area contributed by atoms with Crippen LogP contribution in [0, 0.1) is 11.8 Å². The molecular weight excluding hydrogens is 198 g/mol. The van der Waals surface area contributed by atoms with E-state index in [1.165, 1.54) is 32.1 Å². The van der Waals surface area contributed by atoms with E-state index in [-0.39, 0.29) is 6.10 Å². The van der Waals surface area contributed by atoms with E-state index in [2.05, 4.69) is 33.0 Å². The molecule has 0 saturated carbocycles. The number of aliphatic hydroxyl groups excluding tert-OH is 1. The molecule has 98 valence electrons. The molecule has 0 aliphatic carbocycles. The number of hydrogen-bond donors (Lipinski definition) is 2. The highest BCUT2D eigenvalue weighted by Gasteiger charge is 2.09. The first kappa shape index (κ1) is 15.9. The van der Waals surface area contributed by atoms with Crippen LogP contribution >= 0.6 is 0 Å². The molecule has 2 N–H and O–H groups in total. The summed E-state index contributed by atoms with van der Waals surface area (Å²) in [5, 5.41) is 13.0. The fourth-order valence-electron chi connectivity index (χ4n) is 1.84. The highest BCUT2D eigenvalue weighted by molar-refractivity contribution is 4.65. The highest BCUT2D eigenvalue weighted by atomic mass is 16.3. The maximum absolute atomic E-state index is 9.63. The SMILES string of the molecule is CCCCC(CC)CCNCC(O)C(C)C. The molecule has 0 spiro atoms. The van der Waals surface area contributed by atoms with Gasteiger partial charge in [-0.25, -0.2) is 0 Å². The summed E-state index contributed by atoms with van der Waals surface area (Å²) in [7, 11) is 0. The van der Waals surface area contributed by atoms with Gasteiger partial charge in [0.15, 0.2) is 0 Å². The van der Waals surface area contributed by atoms with Crippen molar-refractivity contribution >= 4 is 0 Å². The summed E-state index contributed by atoms with van der Waals surface area (Å²) >= 11 is 0. The molecule has 16 heavy (non-hydrogen) atoms. The van der Waals surface area contributed by atoms with Crippen LogP contribution in [0.15, 0.2) is 0 Å². The van der Waals surface area contributed by atoms with Crippen molar-refractivity contribution in [1.29, 1.82) is 0 Å². The number of nitrogens with one attached hydrogen (secondary N) is 1. The molecule has 0 saturated heterocycles. The molecule has 0 aliphatic heterocycles. The van der Waals surface area contributed by atoms with Gasteiger partial charge in [-0.1, -0.05) is 53.4 Å². The lowest BCUT2D eigenvalue weighted by Crippen LogP contribution is -2.31. The first-order valence-electron chi connectivity index (χ1n) is 7.00. The summed E-state index contributed by atoms with van der Waals surface area (Å²) in [5.41, 5.74) is 0. The van der Waals surface area contributed by atoms with Crippen LogP contribution in [0.1, 0.15) is 59.8 Å². The third kappa shape index (κ3) is 8.12. The summed E-state index contributed by atoms with van der Waals surface area (Å²) < 4.78 is 0. The van der Waals surface area contributed by atoms with Gasteiger partial charge in [-0.2, -0.15) is 0 Å². The molecule has 0 aromatic carbocycles. The predicted molar refractivity (Wildman–Crippen MR) is 71.6 cm³/mol. The van der Waals surface area contributed by atoms with E-state index >= 15 is 0 Å².